The molecule has 4 nitrogen and oxygen atoms in total. The van der Waals surface area contributed by atoms with Crippen LogP contribution in [-0.4, -0.2) is 26.7 Å². The molecule has 0 aromatic carbocycles. The first kappa shape index (κ1) is 11.4. The van der Waals surface area contributed by atoms with Gasteiger partial charge in [0.15, 0.2) is 0 Å². The lowest BCUT2D eigenvalue weighted by atomic mass is 10.4. The summed E-state index contributed by atoms with van der Waals surface area (Å²) >= 11 is 0. The average Bonchev–Trinajstić information content (AvgIpc) is 1.79. The Bertz CT molecular complexity index is 280. The molecular formula is C6H9ClO4S. The lowest BCUT2D eigenvalue weighted by Gasteiger charge is -2.02. The monoisotopic (exact) mass is 212 g/mol. The van der Waals surface area contributed by atoms with Gasteiger partial charge in [-0.1, -0.05) is 6.58 Å². The number of rotatable bonds is 4. The van der Waals surface area contributed by atoms with Crippen LogP contribution in [0, 0.1) is 0 Å². The van der Waals surface area contributed by atoms with E-state index >= 15 is 0 Å². The number of esters is 1. The van der Waals surface area contributed by atoms with Crippen molar-refractivity contribution in [3.8, 4) is 0 Å². The fourth-order valence-corrected chi connectivity index (χ4v) is 1.52. The SMILES string of the molecule is C=C(COC(C)=O)CS(=O)(=O)Cl. The van der Waals surface area contributed by atoms with E-state index in [1.165, 1.54) is 6.92 Å². The van der Waals surface area contributed by atoms with Crippen molar-refractivity contribution in [2.45, 2.75) is 6.92 Å². The Labute approximate surface area is 75.6 Å². The van der Waals surface area contributed by atoms with Gasteiger partial charge in [0.05, 0.1) is 5.75 Å². The van der Waals surface area contributed by atoms with Crippen LogP contribution >= 0.6 is 10.7 Å². The molecule has 70 valence electrons. The van der Waals surface area contributed by atoms with E-state index in [1.807, 2.05) is 0 Å². The maximum Gasteiger partial charge on any atom is 0.302 e. The summed E-state index contributed by atoms with van der Waals surface area (Å²) in [6.45, 7) is 4.49. The summed E-state index contributed by atoms with van der Waals surface area (Å²) in [4.78, 5) is 10.3. The lowest BCUT2D eigenvalue weighted by Crippen LogP contribution is -2.08. The van der Waals surface area contributed by atoms with Gasteiger partial charge in [-0.2, -0.15) is 0 Å². The van der Waals surface area contributed by atoms with Crippen molar-refractivity contribution in [1.82, 2.24) is 0 Å². The van der Waals surface area contributed by atoms with Crippen LogP contribution in [0.3, 0.4) is 0 Å². The van der Waals surface area contributed by atoms with E-state index in [0.717, 1.165) is 0 Å². The van der Waals surface area contributed by atoms with Crippen molar-refractivity contribution < 1.29 is 17.9 Å². The maximum atomic E-state index is 10.5. The largest absolute Gasteiger partial charge is 0.461 e. The van der Waals surface area contributed by atoms with Crippen LogP contribution in [0.5, 0.6) is 0 Å². The second-order valence-electron chi connectivity index (χ2n) is 2.21. The summed E-state index contributed by atoms with van der Waals surface area (Å²) in [5.41, 5.74) is 0.250. The van der Waals surface area contributed by atoms with Gasteiger partial charge in [-0.3, -0.25) is 4.79 Å². The van der Waals surface area contributed by atoms with E-state index in [9.17, 15) is 13.2 Å². The third-order valence-electron chi connectivity index (χ3n) is 0.856. The summed E-state index contributed by atoms with van der Waals surface area (Å²) in [7, 11) is 1.32. The fourth-order valence-electron chi connectivity index (χ4n) is 0.489. The molecule has 6 heteroatoms. The average molecular weight is 213 g/mol. The van der Waals surface area contributed by atoms with Gasteiger partial charge in [0.25, 0.3) is 0 Å². The Kier molecular flexibility index (Phi) is 4.26. The molecule has 0 aromatic heterocycles. The molecule has 0 bridgehead atoms. The second kappa shape index (κ2) is 4.47. The number of halogens is 1. The van der Waals surface area contributed by atoms with Crippen molar-refractivity contribution >= 4 is 25.7 Å². The number of hydrogen-bond acceptors (Lipinski definition) is 4. The first-order chi connectivity index (χ1) is 5.31. The molecule has 0 atom stereocenters. The van der Waals surface area contributed by atoms with Crippen LogP contribution in [0.2, 0.25) is 0 Å². The minimum Gasteiger partial charge on any atom is -0.461 e. The molecule has 0 unspecified atom stereocenters. The van der Waals surface area contributed by atoms with Crippen molar-refractivity contribution in [1.29, 1.82) is 0 Å². The quantitative estimate of drug-likeness (QED) is 0.391. The highest BCUT2D eigenvalue weighted by atomic mass is 35.7. The first-order valence-electron chi connectivity index (χ1n) is 3.03. The standard InChI is InChI=1S/C6H9ClO4S/c1-5(3-11-6(2)8)4-12(7,9)10/h1,3-4H2,2H3. The Morgan fingerprint density at radius 1 is 1.58 bits per heavy atom. The number of carbonyl (C=O) groups excluding carboxylic acids is 1. The molecule has 0 heterocycles. The van der Waals surface area contributed by atoms with E-state index in [2.05, 4.69) is 11.3 Å². The first-order valence-corrected chi connectivity index (χ1v) is 5.51. The number of ether oxygens (including phenoxy) is 1. The van der Waals surface area contributed by atoms with Crippen LogP contribution < -0.4 is 0 Å². The van der Waals surface area contributed by atoms with Gasteiger partial charge in [0.1, 0.15) is 6.61 Å². The molecule has 0 radical (unpaired) electrons. The summed E-state index contributed by atoms with van der Waals surface area (Å²) in [5.74, 6) is -0.856. The third kappa shape index (κ3) is 7.56. The molecule has 0 N–H and O–H groups in total. The van der Waals surface area contributed by atoms with Gasteiger partial charge in [-0.25, -0.2) is 8.42 Å². The smallest absolute Gasteiger partial charge is 0.302 e. The summed E-state index contributed by atoms with van der Waals surface area (Å²) in [5, 5.41) is 0. The highest BCUT2D eigenvalue weighted by Gasteiger charge is 2.08. The van der Waals surface area contributed by atoms with Gasteiger partial charge in [-0.05, 0) is 5.57 Å². The topological polar surface area (TPSA) is 60.4 Å². The Morgan fingerprint density at radius 2 is 2.08 bits per heavy atom. The molecule has 0 fully saturated rings. The van der Waals surface area contributed by atoms with Crippen molar-refractivity contribution in [3.05, 3.63) is 12.2 Å². The molecule has 12 heavy (non-hydrogen) atoms. The summed E-state index contributed by atoms with van der Waals surface area (Å²) < 4.78 is 25.4. The normalized spacial score (nSPS) is 10.8. The predicted octanol–water partition coefficient (Wildman–Crippen LogP) is 0.674. The van der Waals surface area contributed by atoms with Crippen LogP contribution in [0.4, 0.5) is 0 Å². The van der Waals surface area contributed by atoms with Crippen molar-refractivity contribution in [2.24, 2.45) is 0 Å². The molecular weight excluding hydrogens is 204 g/mol. The molecule has 0 aliphatic rings. The molecule has 0 spiro atoms. The van der Waals surface area contributed by atoms with E-state index in [1.54, 1.807) is 0 Å². The van der Waals surface area contributed by atoms with Gasteiger partial charge in [0.2, 0.25) is 9.05 Å². The highest BCUT2D eigenvalue weighted by molar-refractivity contribution is 8.13. The molecule has 0 aliphatic heterocycles. The van der Waals surface area contributed by atoms with Crippen LogP contribution in [-0.2, 0) is 18.6 Å². The lowest BCUT2D eigenvalue weighted by molar-refractivity contribution is -0.139. The minimum atomic E-state index is -3.59. The zero-order valence-electron chi connectivity index (χ0n) is 6.54. The molecule has 0 aromatic rings. The van der Waals surface area contributed by atoms with Crippen LogP contribution in [0.25, 0.3) is 0 Å². The Balaban J connectivity index is 3.84. The van der Waals surface area contributed by atoms with E-state index < -0.39 is 15.0 Å². The van der Waals surface area contributed by atoms with Gasteiger partial charge in [0, 0.05) is 17.6 Å². The van der Waals surface area contributed by atoms with E-state index in [0.29, 0.717) is 0 Å². The Hall–Kier alpha value is -0.550. The molecule has 0 aliphatic carbocycles. The maximum absolute atomic E-state index is 10.5. The zero-order chi connectivity index (χ0) is 9.78. The molecule has 0 saturated carbocycles. The number of hydrogen-bond donors (Lipinski definition) is 0. The molecule has 0 saturated heterocycles. The van der Waals surface area contributed by atoms with E-state index in [4.69, 9.17) is 10.7 Å². The number of carbonyl (C=O) groups is 1. The van der Waals surface area contributed by atoms with Crippen molar-refractivity contribution in [3.63, 3.8) is 0 Å². The second-order valence-corrected chi connectivity index (χ2v) is 4.99. The van der Waals surface area contributed by atoms with Gasteiger partial charge >= 0.3 is 5.97 Å². The summed E-state index contributed by atoms with van der Waals surface area (Å²) in [6.07, 6.45) is 0. The van der Waals surface area contributed by atoms with E-state index in [-0.39, 0.29) is 17.9 Å². The van der Waals surface area contributed by atoms with Crippen molar-refractivity contribution in [2.75, 3.05) is 12.4 Å². The third-order valence-corrected chi connectivity index (χ3v) is 1.94. The Morgan fingerprint density at radius 3 is 2.42 bits per heavy atom. The van der Waals surface area contributed by atoms with Gasteiger partial charge in [-0.15, -0.1) is 0 Å². The minimum absolute atomic E-state index is 0.110. The predicted molar refractivity (Wildman–Crippen MR) is 45.4 cm³/mol. The zero-order valence-corrected chi connectivity index (χ0v) is 8.11. The van der Waals surface area contributed by atoms with Gasteiger partial charge < -0.3 is 4.74 Å². The molecule has 0 rings (SSSR count). The summed E-state index contributed by atoms with van der Waals surface area (Å²) in [6, 6.07) is 0. The van der Waals surface area contributed by atoms with Crippen LogP contribution in [0.15, 0.2) is 12.2 Å². The fraction of sp³-hybridized carbons (Fsp3) is 0.500. The molecule has 0 amide bonds. The highest BCUT2D eigenvalue weighted by Crippen LogP contribution is 2.03. The van der Waals surface area contributed by atoms with Crippen LogP contribution in [0.1, 0.15) is 6.92 Å².